The molecule has 0 unspecified atom stereocenters. The Hall–Kier alpha value is -3.56. The van der Waals surface area contributed by atoms with Gasteiger partial charge < -0.3 is 14.8 Å². The molecule has 0 saturated heterocycles. The van der Waals surface area contributed by atoms with Crippen LogP contribution in [0.25, 0.3) is 10.1 Å². The number of nitrogens with one attached hydrogen (secondary N) is 2. The number of fused-ring (bicyclic) bond motifs is 1. The van der Waals surface area contributed by atoms with Gasteiger partial charge in [0.1, 0.15) is 16.4 Å². The second-order valence-corrected chi connectivity index (χ2v) is 9.36. The zero-order chi connectivity index (χ0) is 22.7. The molecule has 0 aliphatic rings. The first-order valence-corrected chi connectivity index (χ1v) is 11.9. The van der Waals surface area contributed by atoms with Crippen molar-refractivity contribution >= 4 is 48.7 Å². The summed E-state index contributed by atoms with van der Waals surface area (Å²) in [7, 11) is -1.07. The van der Waals surface area contributed by atoms with E-state index in [2.05, 4.69) is 10.0 Å². The van der Waals surface area contributed by atoms with Crippen LogP contribution in [0.4, 0.5) is 11.4 Å². The quantitative estimate of drug-likeness (QED) is 0.399. The highest BCUT2D eigenvalue weighted by atomic mass is 32.2. The molecule has 0 aliphatic heterocycles. The number of carbonyl (C=O) groups excluding carboxylic acids is 1. The highest BCUT2D eigenvalue weighted by Gasteiger charge is 2.21. The standard InChI is InChI=1S/C23H20N2O5S2/c1-29-17-10-7-15(8-11-17)25-32(27,28)22-13-16(9-12-20(22)30-2)24-23(26)19-14-31-21-6-4-3-5-18(19)21/h3-14,25H,1-2H3,(H,24,26). The van der Waals surface area contributed by atoms with Gasteiger partial charge in [0.15, 0.2) is 0 Å². The lowest BCUT2D eigenvalue weighted by molar-refractivity contribution is 0.102. The molecule has 0 saturated carbocycles. The van der Waals surface area contributed by atoms with E-state index < -0.39 is 10.0 Å². The zero-order valence-corrected chi connectivity index (χ0v) is 18.9. The Labute approximate surface area is 189 Å². The van der Waals surface area contributed by atoms with Crippen LogP contribution in [0.1, 0.15) is 10.4 Å². The molecule has 9 heteroatoms. The number of carbonyl (C=O) groups is 1. The number of hydrogen-bond acceptors (Lipinski definition) is 6. The van der Waals surface area contributed by atoms with Gasteiger partial charge in [0, 0.05) is 26.8 Å². The molecular weight excluding hydrogens is 448 g/mol. The Bertz CT molecular complexity index is 1380. The van der Waals surface area contributed by atoms with Crippen molar-refractivity contribution in [2.24, 2.45) is 0 Å². The van der Waals surface area contributed by atoms with Crippen molar-refractivity contribution in [2.45, 2.75) is 4.90 Å². The smallest absolute Gasteiger partial charge is 0.265 e. The third kappa shape index (κ3) is 4.39. The molecule has 0 bridgehead atoms. The molecule has 0 radical (unpaired) electrons. The third-order valence-electron chi connectivity index (χ3n) is 4.78. The lowest BCUT2D eigenvalue weighted by Crippen LogP contribution is -2.16. The van der Waals surface area contributed by atoms with Crippen LogP contribution in [0, 0.1) is 0 Å². The number of amides is 1. The van der Waals surface area contributed by atoms with E-state index >= 15 is 0 Å². The van der Waals surface area contributed by atoms with Crippen molar-refractivity contribution in [3.05, 3.63) is 77.7 Å². The number of rotatable bonds is 7. The average Bonchev–Trinajstić information content (AvgIpc) is 3.24. The van der Waals surface area contributed by atoms with E-state index in [0.29, 0.717) is 22.7 Å². The number of thiophene rings is 1. The molecule has 32 heavy (non-hydrogen) atoms. The van der Waals surface area contributed by atoms with E-state index in [9.17, 15) is 13.2 Å². The Balaban J connectivity index is 1.62. The summed E-state index contributed by atoms with van der Waals surface area (Å²) in [6.07, 6.45) is 0. The van der Waals surface area contributed by atoms with Gasteiger partial charge in [-0.2, -0.15) is 0 Å². The largest absolute Gasteiger partial charge is 0.497 e. The maximum atomic E-state index is 13.0. The van der Waals surface area contributed by atoms with Gasteiger partial charge in [-0.05, 0) is 48.5 Å². The van der Waals surface area contributed by atoms with Gasteiger partial charge in [0.25, 0.3) is 15.9 Å². The molecule has 7 nitrogen and oxygen atoms in total. The second-order valence-electron chi connectivity index (χ2n) is 6.80. The highest BCUT2D eigenvalue weighted by molar-refractivity contribution is 7.92. The molecule has 0 fully saturated rings. The number of methoxy groups -OCH3 is 2. The summed E-state index contributed by atoms with van der Waals surface area (Å²) in [5.74, 6) is 0.445. The Morgan fingerprint density at radius 3 is 2.34 bits per heavy atom. The van der Waals surface area contributed by atoms with E-state index in [1.807, 2.05) is 24.3 Å². The average molecular weight is 469 g/mol. The van der Waals surface area contributed by atoms with Crippen molar-refractivity contribution in [2.75, 3.05) is 24.3 Å². The monoisotopic (exact) mass is 468 g/mol. The van der Waals surface area contributed by atoms with E-state index in [-0.39, 0.29) is 16.6 Å². The van der Waals surface area contributed by atoms with Crippen LogP contribution >= 0.6 is 11.3 Å². The van der Waals surface area contributed by atoms with Gasteiger partial charge in [-0.1, -0.05) is 18.2 Å². The summed E-state index contributed by atoms with van der Waals surface area (Å²) in [5.41, 5.74) is 1.23. The minimum absolute atomic E-state index is 0.0937. The Morgan fingerprint density at radius 1 is 0.906 bits per heavy atom. The first-order valence-electron chi connectivity index (χ1n) is 9.54. The molecule has 164 valence electrons. The third-order valence-corrected chi connectivity index (χ3v) is 7.14. The zero-order valence-electron chi connectivity index (χ0n) is 17.3. The molecule has 1 heterocycles. The number of ether oxygens (including phenoxy) is 2. The predicted molar refractivity (Wildman–Crippen MR) is 127 cm³/mol. The minimum atomic E-state index is -3.99. The van der Waals surface area contributed by atoms with Gasteiger partial charge in [0.05, 0.1) is 19.8 Å². The van der Waals surface area contributed by atoms with Gasteiger partial charge >= 0.3 is 0 Å². The van der Waals surface area contributed by atoms with Gasteiger partial charge in [-0.3, -0.25) is 9.52 Å². The molecule has 3 aromatic carbocycles. The molecule has 0 atom stereocenters. The maximum absolute atomic E-state index is 13.0. The summed E-state index contributed by atoms with van der Waals surface area (Å²) < 4.78 is 39.9. The number of benzene rings is 3. The minimum Gasteiger partial charge on any atom is -0.497 e. The summed E-state index contributed by atoms with van der Waals surface area (Å²) in [6.45, 7) is 0. The molecule has 4 rings (SSSR count). The molecule has 0 aliphatic carbocycles. The fraction of sp³-hybridized carbons (Fsp3) is 0.0870. The fourth-order valence-electron chi connectivity index (χ4n) is 3.19. The molecule has 1 amide bonds. The van der Waals surface area contributed by atoms with Crippen LogP contribution in [0.2, 0.25) is 0 Å². The normalized spacial score (nSPS) is 11.2. The first-order chi connectivity index (χ1) is 15.4. The lowest BCUT2D eigenvalue weighted by atomic mass is 10.1. The number of sulfonamides is 1. The van der Waals surface area contributed by atoms with Gasteiger partial charge in [-0.15, -0.1) is 11.3 Å². The van der Waals surface area contributed by atoms with Crippen LogP contribution in [0.15, 0.2) is 77.0 Å². The molecule has 0 spiro atoms. The fourth-order valence-corrected chi connectivity index (χ4v) is 5.38. The topological polar surface area (TPSA) is 93.7 Å². The van der Waals surface area contributed by atoms with E-state index in [4.69, 9.17) is 9.47 Å². The van der Waals surface area contributed by atoms with Crippen molar-refractivity contribution in [1.29, 1.82) is 0 Å². The van der Waals surface area contributed by atoms with E-state index in [0.717, 1.165) is 10.1 Å². The highest BCUT2D eigenvalue weighted by Crippen LogP contribution is 2.31. The summed E-state index contributed by atoms with van der Waals surface area (Å²) >= 11 is 1.47. The molecule has 4 aromatic rings. The Kier molecular flexibility index (Phi) is 6.02. The van der Waals surface area contributed by atoms with Crippen LogP contribution < -0.4 is 19.5 Å². The van der Waals surface area contributed by atoms with E-state index in [1.54, 1.807) is 35.7 Å². The van der Waals surface area contributed by atoms with Gasteiger partial charge in [-0.25, -0.2) is 8.42 Å². The van der Waals surface area contributed by atoms with Crippen LogP contribution in [-0.2, 0) is 10.0 Å². The van der Waals surface area contributed by atoms with Crippen LogP contribution in [0.5, 0.6) is 11.5 Å². The maximum Gasteiger partial charge on any atom is 0.265 e. The number of hydrogen-bond donors (Lipinski definition) is 2. The molecule has 2 N–H and O–H groups in total. The van der Waals surface area contributed by atoms with E-state index in [1.165, 1.54) is 37.7 Å². The van der Waals surface area contributed by atoms with Crippen molar-refractivity contribution < 1.29 is 22.7 Å². The molecule has 1 aromatic heterocycles. The molecular formula is C23H20N2O5S2. The SMILES string of the molecule is COc1ccc(NS(=O)(=O)c2cc(NC(=O)c3csc4ccccc34)ccc2OC)cc1. The van der Waals surface area contributed by atoms with Crippen LogP contribution in [0.3, 0.4) is 0 Å². The summed E-state index contributed by atoms with van der Waals surface area (Å²) in [6, 6.07) is 18.6. The van der Waals surface area contributed by atoms with Crippen molar-refractivity contribution in [3.8, 4) is 11.5 Å². The van der Waals surface area contributed by atoms with Crippen LogP contribution in [-0.4, -0.2) is 28.5 Å². The second kappa shape index (κ2) is 8.89. The van der Waals surface area contributed by atoms with Crippen molar-refractivity contribution in [1.82, 2.24) is 0 Å². The van der Waals surface area contributed by atoms with Crippen molar-refractivity contribution in [3.63, 3.8) is 0 Å². The summed E-state index contributed by atoms with van der Waals surface area (Å²) in [5, 5.41) is 5.41. The summed E-state index contributed by atoms with van der Waals surface area (Å²) in [4.78, 5) is 12.7. The predicted octanol–water partition coefficient (Wildman–Crippen LogP) is 4.97. The number of anilines is 2. The first kappa shape index (κ1) is 21.7. The Morgan fingerprint density at radius 2 is 1.62 bits per heavy atom. The van der Waals surface area contributed by atoms with Gasteiger partial charge in [0.2, 0.25) is 0 Å². The lowest BCUT2D eigenvalue weighted by Gasteiger charge is -2.14.